The highest BCUT2D eigenvalue weighted by Gasteiger charge is 2.59. The van der Waals surface area contributed by atoms with Crippen LogP contribution in [0.15, 0.2) is 23.3 Å². The highest BCUT2D eigenvalue weighted by atomic mass is 16.4. The van der Waals surface area contributed by atoms with E-state index in [2.05, 4.69) is 25.2 Å². The zero-order chi connectivity index (χ0) is 18.7. The first-order valence-electron chi connectivity index (χ1n) is 10.2. The Morgan fingerprint density at radius 1 is 1.15 bits per heavy atom. The van der Waals surface area contributed by atoms with E-state index < -0.39 is 5.97 Å². The minimum atomic E-state index is -0.768. The summed E-state index contributed by atoms with van der Waals surface area (Å²) in [6.45, 7) is 4.71. The van der Waals surface area contributed by atoms with E-state index in [0.29, 0.717) is 29.7 Å². The molecule has 0 aromatic rings. The van der Waals surface area contributed by atoms with Crippen molar-refractivity contribution >= 4 is 11.9 Å². The first-order valence-corrected chi connectivity index (χ1v) is 10.2. The van der Waals surface area contributed by atoms with Gasteiger partial charge in [0.15, 0.2) is 0 Å². The minimum absolute atomic E-state index is 0.105. The Labute approximate surface area is 156 Å². The number of nitrogens with one attached hydrogen (secondary N) is 1. The Balaban J connectivity index is 1.66. The van der Waals surface area contributed by atoms with Gasteiger partial charge in [-0.3, -0.25) is 4.79 Å². The van der Waals surface area contributed by atoms with Crippen molar-refractivity contribution in [3.05, 3.63) is 23.3 Å². The van der Waals surface area contributed by atoms with Gasteiger partial charge in [0.25, 0.3) is 0 Å². The third kappa shape index (κ3) is 2.33. The SMILES string of the molecule is CNC(=O)[C@H]1CCC2C3CC=C4C=C(C(=O)O)CC[C@]4(C)C3CC[C@@]21C. The van der Waals surface area contributed by atoms with Crippen LogP contribution in [0.25, 0.3) is 0 Å². The first kappa shape index (κ1) is 17.8. The van der Waals surface area contributed by atoms with Gasteiger partial charge in [-0.15, -0.1) is 0 Å². The van der Waals surface area contributed by atoms with Gasteiger partial charge < -0.3 is 10.4 Å². The molecule has 0 spiro atoms. The summed E-state index contributed by atoms with van der Waals surface area (Å²) in [6, 6.07) is 0. The molecule has 1 amide bonds. The molecular weight excluding hydrogens is 326 g/mol. The van der Waals surface area contributed by atoms with Crippen LogP contribution in [0.4, 0.5) is 0 Å². The van der Waals surface area contributed by atoms with Crippen molar-refractivity contribution in [1.29, 1.82) is 0 Å². The van der Waals surface area contributed by atoms with Crippen molar-refractivity contribution in [3.8, 4) is 0 Å². The van der Waals surface area contributed by atoms with Crippen LogP contribution >= 0.6 is 0 Å². The number of amides is 1. The highest BCUT2D eigenvalue weighted by Crippen LogP contribution is 2.65. The number of carboxylic acids is 1. The third-order valence-electron chi connectivity index (χ3n) is 8.61. The number of allylic oxidation sites excluding steroid dienone is 3. The molecule has 2 N–H and O–H groups in total. The van der Waals surface area contributed by atoms with Crippen LogP contribution in [0.1, 0.15) is 58.8 Å². The summed E-state index contributed by atoms with van der Waals surface area (Å²) in [5.41, 5.74) is 2.05. The van der Waals surface area contributed by atoms with Gasteiger partial charge in [0.2, 0.25) is 5.91 Å². The molecule has 142 valence electrons. The number of hydrogen-bond donors (Lipinski definition) is 2. The Kier molecular flexibility index (Phi) is 4.09. The maximum Gasteiger partial charge on any atom is 0.331 e. The molecule has 4 aliphatic rings. The number of hydrogen-bond acceptors (Lipinski definition) is 2. The van der Waals surface area contributed by atoms with E-state index in [4.69, 9.17) is 0 Å². The van der Waals surface area contributed by atoms with Gasteiger partial charge in [-0.25, -0.2) is 4.79 Å². The molecule has 2 fully saturated rings. The molecule has 0 heterocycles. The van der Waals surface area contributed by atoms with E-state index in [-0.39, 0.29) is 22.7 Å². The standard InChI is InChI=1S/C22H31NO3/c1-21-10-8-13(20(25)26)12-14(21)4-5-15-16-6-7-18(19(24)23-3)22(16,2)11-9-17(15)21/h4,12,15-18H,5-11H2,1-3H3,(H,23,24)(H,25,26)/t15?,16?,17?,18-,21+,22+/m1/s1. The van der Waals surface area contributed by atoms with Crippen molar-refractivity contribution in [3.63, 3.8) is 0 Å². The fourth-order valence-electron chi connectivity index (χ4n) is 7.10. The topological polar surface area (TPSA) is 66.4 Å². The van der Waals surface area contributed by atoms with Crippen molar-refractivity contribution in [1.82, 2.24) is 5.32 Å². The highest BCUT2D eigenvalue weighted by molar-refractivity contribution is 5.87. The smallest absolute Gasteiger partial charge is 0.331 e. The summed E-state index contributed by atoms with van der Waals surface area (Å²) in [6.07, 6.45) is 11.4. The molecule has 4 aliphatic carbocycles. The van der Waals surface area contributed by atoms with Crippen LogP contribution in [0.5, 0.6) is 0 Å². The predicted molar refractivity (Wildman–Crippen MR) is 100 cm³/mol. The van der Waals surface area contributed by atoms with Gasteiger partial charge >= 0.3 is 5.97 Å². The second kappa shape index (κ2) is 5.97. The molecule has 6 atom stereocenters. The van der Waals surface area contributed by atoms with E-state index in [9.17, 15) is 14.7 Å². The summed E-state index contributed by atoms with van der Waals surface area (Å²) >= 11 is 0. The van der Waals surface area contributed by atoms with Crippen molar-refractivity contribution in [2.24, 2.45) is 34.5 Å². The molecule has 0 aromatic carbocycles. The molecular formula is C22H31NO3. The predicted octanol–water partition coefficient (Wildman–Crippen LogP) is 3.93. The van der Waals surface area contributed by atoms with Crippen LogP contribution in [0.2, 0.25) is 0 Å². The van der Waals surface area contributed by atoms with E-state index in [0.717, 1.165) is 38.5 Å². The molecule has 0 saturated heterocycles. The fraction of sp³-hybridized carbons (Fsp3) is 0.727. The van der Waals surface area contributed by atoms with Gasteiger partial charge in [-0.1, -0.05) is 19.9 Å². The second-order valence-electron chi connectivity index (χ2n) is 9.45. The molecule has 3 unspecified atom stereocenters. The molecule has 0 bridgehead atoms. The van der Waals surface area contributed by atoms with E-state index in [1.807, 2.05) is 6.08 Å². The summed E-state index contributed by atoms with van der Waals surface area (Å²) in [5.74, 6) is 1.48. The molecule has 4 nitrogen and oxygen atoms in total. The molecule has 2 saturated carbocycles. The molecule has 4 heteroatoms. The van der Waals surface area contributed by atoms with Gasteiger partial charge in [-0.05, 0) is 85.2 Å². The van der Waals surface area contributed by atoms with Crippen LogP contribution in [0, 0.1) is 34.5 Å². The van der Waals surface area contributed by atoms with Crippen LogP contribution in [0.3, 0.4) is 0 Å². The number of aliphatic carboxylic acids is 1. The quantitative estimate of drug-likeness (QED) is 0.787. The fourth-order valence-corrected chi connectivity index (χ4v) is 7.10. The van der Waals surface area contributed by atoms with Crippen molar-refractivity contribution in [2.75, 3.05) is 7.05 Å². The van der Waals surface area contributed by atoms with Gasteiger partial charge in [0.05, 0.1) is 0 Å². The monoisotopic (exact) mass is 357 g/mol. The summed E-state index contributed by atoms with van der Waals surface area (Å²) < 4.78 is 0. The Bertz CT molecular complexity index is 708. The number of rotatable bonds is 2. The number of carbonyl (C=O) groups excluding carboxylic acids is 1. The molecule has 26 heavy (non-hydrogen) atoms. The maximum absolute atomic E-state index is 12.4. The lowest BCUT2D eigenvalue weighted by Crippen LogP contribution is -2.50. The zero-order valence-corrected chi connectivity index (χ0v) is 16.2. The van der Waals surface area contributed by atoms with Crippen molar-refractivity contribution < 1.29 is 14.7 Å². The van der Waals surface area contributed by atoms with Crippen LogP contribution < -0.4 is 5.32 Å². The summed E-state index contributed by atoms with van der Waals surface area (Å²) in [4.78, 5) is 23.8. The zero-order valence-electron chi connectivity index (χ0n) is 16.2. The van der Waals surface area contributed by atoms with E-state index >= 15 is 0 Å². The molecule has 0 aromatic heterocycles. The molecule has 0 aliphatic heterocycles. The lowest BCUT2D eigenvalue weighted by molar-refractivity contribution is -0.133. The Morgan fingerprint density at radius 3 is 2.62 bits per heavy atom. The van der Waals surface area contributed by atoms with E-state index in [1.54, 1.807) is 7.05 Å². The molecule has 4 rings (SSSR count). The van der Waals surface area contributed by atoms with Gasteiger partial charge in [0.1, 0.15) is 0 Å². The Morgan fingerprint density at radius 2 is 1.92 bits per heavy atom. The second-order valence-corrected chi connectivity index (χ2v) is 9.45. The average Bonchev–Trinajstić information content (AvgIpc) is 2.97. The maximum atomic E-state index is 12.4. The van der Waals surface area contributed by atoms with Crippen LogP contribution in [-0.2, 0) is 9.59 Å². The molecule has 0 radical (unpaired) electrons. The lowest BCUT2D eigenvalue weighted by atomic mass is 9.48. The summed E-state index contributed by atoms with van der Waals surface area (Å²) in [7, 11) is 1.76. The number of carbonyl (C=O) groups is 2. The third-order valence-corrected chi connectivity index (χ3v) is 8.61. The first-order chi connectivity index (χ1) is 12.3. The normalized spacial score (nSPS) is 44.1. The van der Waals surface area contributed by atoms with E-state index in [1.165, 1.54) is 5.57 Å². The number of carboxylic acid groups (broad SMARTS) is 1. The van der Waals surface area contributed by atoms with Crippen LogP contribution in [-0.4, -0.2) is 24.0 Å². The summed E-state index contributed by atoms with van der Waals surface area (Å²) in [5, 5.41) is 12.3. The average molecular weight is 357 g/mol. The van der Waals surface area contributed by atoms with Crippen molar-refractivity contribution in [2.45, 2.75) is 58.8 Å². The minimum Gasteiger partial charge on any atom is -0.478 e. The number of fused-ring (bicyclic) bond motifs is 5. The Hall–Kier alpha value is -1.58. The van der Waals surface area contributed by atoms with Gasteiger partial charge in [-0.2, -0.15) is 0 Å². The van der Waals surface area contributed by atoms with Gasteiger partial charge in [0, 0.05) is 18.5 Å². The lowest BCUT2D eigenvalue weighted by Gasteiger charge is -2.56. The largest absolute Gasteiger partial charge is 0.478 e.